The number of carbonyl (C=O) groups is 4. The van der Waals surface area contributed by atoms with E-state index in [1.807, 2.05) is 37.1 Å². The fourth-order valence-corrected chi connectivity index (χ4v) is 8.24. The van der Waals surface area contributed by atoms with Crippen LogP contribution in [0.25, 0.3) is 28.0 Å². The highest BCUT2D eigenvalue weighted by Crippen LogP contribution is 2.34. The number of H-pyrrole nitrogens is 1. The Labute approximate surface area is 343 Å². The Bertz CT molecular complexity index is 2210. The molecule has 3 aliphatic rings. The molecule has 0 bridgehead atoms. The third-order valence-corrected chi connectivity index (χ3v) is 11.5. The molecule has 4 atom stereocenters. The minimum absolute atomic E-state index is 0.0922. The first-order valence-corrected chi connectivity index (χ1v) is 20.1. The quantitative estimate of drug-likeness (QED) is 0.123. The fraction of sp³-hybridized carbons (Fsp3) is 0.378. The Morgan fingerprint density at radius 1 is 0.780 bits per heavy atom. The zero-order valence-electron chi connectivity index (χ0n) is 33.8. The molecule has 0 saturated carbocycles. The van der Waals surface area contributed by atoms with E-state index in [2.05, 4.69) is 52.0 Å². The molecule has 0 unspecified atom stereocenters. The van der Waals surface area contributed by atoms with Gasteiger partial charge in [0.1, 0.15) is 23.7 Å². The minimum atomic E-state index is -0.855. The van der Waals surface area contributed by atoms with Crippen molar-refractivity contribution in [2.75, 3.05) is 27.3 Å². The van der Waals surface area contributed by atoms with Gasteiger partial charge in [-0.3, -0.25) is 14.6 Å². The summed E-state index contributed by atoms with van der Waals surface area (Å²) < 4.78 is 9.59. The second kappa shape index (κ2) is 18.0. The van der Waals surface area contributed by atoms with Crippen molar-refractivity contribution in [2.24, 2.45) is 10.9 Å². The number of phenols is 1. The van der Waals surface area contributed by atoms with Crippen LogP contribution in [0, 0.1) is 5.92 Å². The highest BCUT2D eigenvalue weighted by Gasteiger charge is 2.39. The van der Waals surface area contributed by atoms with Gasteiger partial charge in [0, 0.05) is 37.8 Å². The molecule has 2 fully saturated rings. The van der Waals surface area contributed by atoms with Gasteiger partial charge < -0.3 is 40.0 Å². The molecule has 59 heavy (non-hydrogen) atoms. The largest absolute Gasteiger partial charge is 0.508 e. The molecular formula is C45H51N7O7. The van der Waals surface area contributed by atoms with Gasteiger partial charge in [0.2, 0.25) is 11.8 Å². The standard InChI is InChI=1S/C45H51N7O7/c1-27(2)40(50-45(57)59-4)43(55)51-21-5-7-38(51)35-24-33(25-46-35)31-13-11-29(12-14-31)30-15-17-32(18-16-30)37-26-47-41(48-37)39-8-6-22-52(39)42(54)36(49-44(56)58-3)23-28-9-19-34(53)20-10-28/h9-20,25-27,36,38-40,53H,5-8,21-24H2,1-4H3,(H,47,48)(H,49,56)(H,50,57)/t36-,38-,39-,40-/m0/s1. The van der Waals surface area contributed by atoms with Crippen LogP contribution in [0.15, 0.2) is 90.2 Å². The highest BCUT2D eigenvalue weighted by molar-refractivity contribution is 6.04. The zero-order valence-corrected chi connectivity index (χ0v) is 33.8. The Morgan fingerprint density at radius 2 is 1.36 bits per heavy atom. The smallest absolute Gasteiger partial charge is 0.407 e. The van der Waals surface area contributed by atoms with Crippen molar-refractivity contribution in [1.82, 2.24) is 30.4 Å². The SMILES string of the molecule is COC(=O)N[C@@H](Cc1ccc(O)cc1)C(=O)N1CCC[C@H]1c1ncc(-c2ccc(-c3ccc(C4=CN=C([C@@H]5CCCN5C(=O)[C@@H](NC(=O)OC)C(C)C)C4)cc3)cc2)[nH]1. The summed E-state index contributed by atoms with van der Waals surface area (Å²) in [7, 11) is 2.56. The zero-order chi connectivity index (χ0) is 41.6. The molecule has 14 heteroatoms. The number of aromatic hydroxyl groups is 1. The number of imidazole rings is 1. The molecule has 2 saturated heterocycles. The molecule has 7 rings (SSSR count). The number of nitrogens with zero attached hydrogens (tertiary/aromatic N) is 4. The van der Waals surface area contributed by atoms with Crippen molar-refractivity contribution in [3.8, 4) is 28.1 Å². The number of allylic oxidation sites excluding steroid dienone is 1. The maximum atomic E-state index is 13.9. The molecule has 4 aromatic rings. The molecule has 1 aromatic heterocycles. The van der Waals surface area contributed by atoms with Gasteiger partial charge in [-0.15, -0.1) is 0 Å². The number of hydrogen-bond acceptors (Lipinski definition) is 9. The van der Waals surface area contributed by atoms with Gasteiger partial charge in [-0.25, -0.2) is 14.6 Å². The number of methoxy groups -OCH3 is 2. The number of alkyl carbamates (subject to hydrolysis) is 2. The van der Waals surface area contributed by atoms with Crippen molar-refractivity contribution in [3.05, 3.63) is 102 Å². The van der Waals surface area contributed by atoms with Crippen molar-refractivity contribution in [2.45, 2.75) is 76.5 Å². The summed E-state index contributed by atoms with van der Waals surface area (Å²) in [5, 5.41) is 15.1. The minimum Gasteiger partial charge on any atom is -0.508 e. The number of aromatic amines is 1. The normalized spacial score (nSPS) is 18.6. The molecule has 4 amide bonds. The molecule has 0 radical (unpaired) electrons. The van der Waals surface area contributed by atoms with Crippen LogP contribution < -0.4 is 10.6 Å². The molecule has 3 aliphatic heterocycles. The van der Waals surface area contributed by atoms with Gasteiger partial charge in [0.05, 0.1) is 38.2 Å². The summed E-state index contributed by atoms with van der Waals surface area (Å²) in [5.74, 6) is 0.378. The summed E-state index contributed by atoms with van der Waals surface area (Å²) in [6.07, 6.45) is 6.53. The number of likely N-dealkylation sites (tertiary alicyclic amines) is 2. The van der Waals surface area contributed by atoms with E-state index in [0.29, 0.717) is 25.3 Å². The summed E-state index contributed by atoms with van der Waals surface area (Å²) in [5.41, 5.74) is 7.84. The van der Waals surface area contributed by atoms with E-state index >= 15 is 0 Å². The number of aliphatic imine (C=N–C) groups is 1. The second-order valence-corrected chi connectivity index (χ2v) is 15.6. The van der Waals surface area contributed by atoms with Crippen LogP contribution in [0.5, 0.6) is 5.75 Å². The van der Waals surface area contributed by atoms with Crippen LogP contribution >= 0.6 is 0 Å². The van der Waals surface area contributed by atoms with Crippen molar-refractivity contribution in [3.63, 3.8) is 0 Å². The number of hydrogen-bond donors (Lipinski definition) is 4. The molecule has 0 aliphatic carbocycles. The average Bonchev–Trinajstić information content (AvgIpc) is 4.10. The molecule has 4 heterocycles. The maximum Gasteiger partial charge on any atom is 0.407 e. The van der Waals surface area contributed by atoms with Gasteiger partial charge in [-0.1, -0.05) is 74.5 Å². The topological polar surface area (TPSA) is 179 Å². The Hall–Kier alpha value is -6.44. The Morgan fingerprint density at radius 3 is 1.98 bits per heavy atom. The lowest BCUT2D eigenvalue weighted by atomic mass is 9.95. The van der Waals surface area contributed by atoms with E-state index in [0.717, 1.165) is 70.5 Å². The van der Waals surface area contributed by atoms with Gasteiger partial charge >= 0.3 is 12.2 Å². The molecular weight excluding hydrogens is 751 g/mol. The van der Waals surface area contributed by atoms with E-state index in [4.69, 9.17) is 19.5 Å². The first-order chi connectivity index (χ1) is 28.5. The van der Waals surface area contributed by atoms with E-state index in [1.165, 1.54) is 14.2 Å². The number of rotatable bonds is 12. The van der Waals surface area contributed by atoms with Gasteiger partial charge in [-0.2, -0.15) is 0 Å². The first kappa shape index (κ1) is 40.7. The van der Waals surface area contributed by atoms with E-state index in [-0.39, 0.29) is 42.0 Å². The highest BCUT2D eigenvalue weighted by atomic mass is 16.5. The van der Waals surface area contributed by atoms with Crippen LogP contribution in [0.4, 0.5) is 9.59 Å². The van der Waals surface area contributed by atoms with Crippen molar-refractivity contribution >= 4 is 35.3 Å². The fourth-order valence-electron chi connectivity index (χ4n) is 8.24. The number of aromatic nitrogens is 2. The molecule has 0 spiro atoms. The predicted molar refractivity (Wildman–Crippen MR) is 223 cm³/mol. The molecule has 14 nitrogen and oxygen atoms in total. The average molecular weight is 802 g/mol. The summed E-state index contributed by atoms with van der Waals surface area (Å²) >= 11 is 0. The Kier molecular flexibility index (Phi) is 12.4. The van der Waals surface area contributed by atoms with Crippen LogP contribution in [0.2, 0.25) is 0 Å². The lowest BCUT2D eigenvalue weighted by Crippen LogP contribution is -2.53. The van der Waals surface area contributed by atoms with E-state index in [9.17, 15) is 24.3 Å². The summed E-state index contributed by atoms with van der Waals surface area (Å²) in [4.78, 5) is 68.2. The molecule has 3 aromatic carbocycles. The lowest BCUT2D eigenvalue weighted by Gasteiger charge is -2.31. The van der Waals surface area contributed by atoms with Crippen LogP contribution in [-0.2, 0) is 25.5 Å². The number of carbonyl (C=O) groups excluding carboxylic acids is 4. The van der Waals surface area contributed by atoms with Gasteiger partial charge in [0.25, 0.3) is 0 Å². The number of amides is 4. The lowest BCUT2D eigenvalue weighted by molar-refractivity contribution is -0.135. The predicted octanol–water partition coefficient (Wildman–Crippen LogP) is 6.64. The number of benzene rings is 3. The number of phenolic OH excluding ortho intramolecular Hbond substituents is 1. The summed E-state index contributed by atoms with van der Waals surface area (Å²) in [6.45, 7) is 4.98. The van der Waals surface area contributed by atoms with Crippen LogP contribution in [-0.4, -0.2) is 100 Å². The third kappa shape index (κ3) is 9.16. The van der Waals surface area contributed by atoms with E-state index in [1.54, 1.807) is 35.4 Å². The van der Waals surface area contributed by atoms with Crippen LogP contribution in [0.3, 0.4) is 0 Å². The third-order valence-electron chi connectivity index (χ3n) is 11.5. The summed E-state index contributed by atoms with van der Waals surface area (Å²) in [6, 6.07) is 21.3. The Balaban J connectivity index is 0.972. The van der Waals surface area contributed by atoms with Crippen molar-refractivity contribution < 1.29 is 33.8 Å². The van der Waals surface area contributed by atoms with E-state index < -0.39 is 24.3 Å². The first-order valence-electron chi connectivity index (χ1n) is 20.1. The molecule has 4 N–H and O–H groups in total. The number of nitrogens with one attached hydrogen (secondary N) is 3. The van der Waals surface area contributed by atoms with Gasteiger partial charge in [-0.05, 0) is 77.1 Å². The number of ether oxygens (including phenoxy) is 2. The molecule has 308 valence electrons. The van der Waals surface area contributed by atoms with Crippen LogP contribution in [0.1, 0.15) is 68.9 Å². The van der Waals surface area contributed by atoms with Gasteiger partial charge in [0.15, 0.2) is 0 Å². The van der Waals surface area contributed by atoms with Crippen molar-refractivity contribution in [1.29, 1.82) is 0 Å². The maximum absolute atomic E-state index is 13.9. The monoisotopic (exact) mass is 801 g/mol. The second-order valence-electron chi connectivity index (χ2n) is 15.6.